The molecule has 1 aromatic carbocycles. The van der Waals surface area contributed by atoms with E-state index in [1.807, 2.05) is 20.8 Å². The summed E-state index contributed by atoms with van der Waals surface area (Å²) in [6.07, 6.45) is 0.561. The summed E-state index contributed by atoms with van der Waals surface area (Å²) >= 11 is 0. The molecule has 118 valence electrons. The zero-order valence-corrected chi connectivity index (χ0v) is 13.3. The highest BCUT2D eigenvalue weighted by Gasteiger charge is 2.18. The Balaban J connectivity index is 2.25. The highest BCUT2D eigenvalue weighted by Crippen LogP contribution is 2.21. The minimum absolute atomic E-state index is 0.0860. The third-order valence-electron chi connectivity index (χ3n) is 3.61. The van der Waals surface area contributed by atoms with Crippen molar-refractivity contribution >= 4 is 0 Å². The van der Waals surface area contributed by atoms with Gasteiger partial charge in [-0.1, -0.05) is 26.8 Å². The Morgan fingerprint density at radius 1 is 1.32 bits per heavy atom. The van der Waals surface area contributed by atoms with E-state index in [4.69, 9.17) is 0 Å². The molecular formula is C17H21FN2O2. The molecule has 0 saturated heterocycles. The molecule has 0 aliphatic rings. The van der Waals surface area contributed by atoms with Crippen LogP contribution in [0.3, 0.4) is 0 Å². The van der Waals surface area contributed by atoms with Crippen molar-refractivity contribution in [1.82, 2.24) is 9.55 Å². The number of halogens is 1. The van der Waals surface area contributed by atoms with Gasteiger partial charge in [0.1, 0.15) is 5.82 Å². The van der Waals surface area contributed by atoms with E-state index in [-0.39, 0.29) is 23.3 Å². The number of aliphatic hydroxyl groups is 1. The molecule has 5 heteroatoms. The largest absolute Gasteiger partial charge is 0.387 e. The summed E-state index contributed by atoms with van der Waals surface area (Å²) in [5.74, 6) is -0.346. The monoisotopic (exact) mass is 304 g/mol. The predicted octanol–water partition coefficient (Wildman–Crippen LogP) is 2.72. The second-order valence-corrected chi connectivity index (χ2v) is 6.53. The topological polar surface area (TPSA) is 55.1 Å². The van der Waals surface area contributed by atoms with Gasteiger partial charge in [-0.15, -0.1) is 0 Å². The molecule has 1 atom stereocenters. The quantitative estimate of drug-likeness (QED) is 0.948. The lowest BCUT2D eigenvalue weighted by Gasteiger charge is -2.19. The number of aliphatic hydroxyl groups excluding tert-OH is 1. The van der Waals surface area contributed by atoms with Gasteiger partial charge in [0.15, 0.2) is 0 Å². The average molecular weight is 304 g/mol. The second-order valence-electron chi connectivity index (χ2n) is 6.53. The lowest BCUT2D eigenvalue weighted by molar-refractivity contribution is 0.153. The van der Waals surface area contributed by atoms with Crippen LogP contribution < -0.4 is 5.56 Å². The van der Waals surface area contributed by atoms with E-state index in [1.165, 1.54) is 35.2 Å². The van der Waals surface area contributed by atoms with Crippen molar-refractivity contribution in [3.63, 3.8) is 0 Å². The first-order chi connectivity index (χ1) is 10.2. The SMILES string of the molecule is Cc1cc(F)ccc1C(O)Cn1cnc(C(C)(C)C)cc1=O. The van der Waals surface area contributed by atoms with Gasteiger partial charge in [0, 0.05) is 11.5 Å². The number of nitrogens with zero attached hydrogens (tertiary/aromatic N) is 2. The summed E-state index contributed by atoms with van der Waals surface area (Å²) in [7, 11) is 0. The van der Waals surface area contributed by atoms with Gasteiger partial charge in [-0.05, 0) is 30.2 Å². The molecule has 1 heterocycles. The fourth-order valence-electron chi connectivity index (χ4n) is 2.27. The van der Waals surface area contributed by atoms with Crippen LogP contribution in [0.25, 0.3) is 0 Å². The molecule has 2 rings (SSSR count). The Kier molecular flexibility index (Phi) is 4.47. The first kappa shape index (κ1) is 16.4. The van der Waals surface area contributed by atoms with Gasteiger partial charge in [0.25, 0.3) is 5.56 Å². The molecule has 2 aromatic rings. The minimum Gasteiger partial charge on any atom is -0.387 e. The van der Waals surface area contributed by atoms with Crippen molar-refractivity contribution in [2.24, 2.45) is 0 Å². The predicted molar refractivity (Wildman–Crippen MR) is 83.3 cm³/mol. The van der Waals surface area contributed by atoms with Gasteiger partial charge < -0.3 is 5.11 Å². The van der Waals surface area contributed by atoms with E-state index in [0.717, 1.165) is 0 Å². The van der Waals surface area contributed by atoms with Crippen LogP contribution >= 0.6 is 0 Å². The van der Waals surface area contributed by atoms with Crippen LogP contribution in [0.2, 0.25) is 0 Å². The van der Waals surface area contributed by atoms with E-state index in [2.05, 4.69) is 4.98 Å². The summed E-state index contributed by atoms with van der Waals surface area (Å²) in [5.41, 5.74) is 1.55. The molecule has 1 unspecified atom stereocenters. The summed E-state index contributed by atoms with van der Waals surface area (Å²) in [4.78, 5) is 16.4. The van der Waals surface area contributed by atoms with Crippen molar-refractivity contribution in [2.45, 2.75) is 45.8 Å². The van der Waals surface area contributed by atoms with Crippen LogP contribution in [-0.4, -0.2) is 14.7 Å². The standard InChI is InChI=1S/C17H21FN2O2/c1-11-7-12(18)5-6-13(11)14(21)9-20-10-19-15(8-16(20)22)17(2,3)4/h5-8,10,14,21H,9H2,1-4H3. The second kappa shape index (κ2) is 6.01. The summed E-state index contributed by atoms with van der Waals surface area (Å²) in [5, 5.41) is 10.3. The third-order valence-corrected chi connectivity index (χ3v) is 3.61. The number of benzene rings is 1. The number of rotatable bonds is 3. The van der Waals surface area contributed by atoms with Crippen molar-refractivity contribution in [3.05, 3.63) is 63.6 Å². The van der Waals surface area contributed by atoms with Crippen molar-refractivity contribution < 1.29 is 9.50 Å². The molecule has 0 radical (unpaired) electrons. The van der Waals surface area contributed by atoms with Crippen LogP contribution in [0.5, 0.6) is 0 Å². The van der Waals surface area contributed by atoms with E-state index in [0.29, 0.717) is 16.8 Å². The highest BCUT2D eigenvalue weighted by atomic mass is 19.1. The van der Waals surface area contributed by atoms with E-state index in [9.17, 15) is 14.3 Å². The molecule has 0 aliphatic heterocycles. The number of aromatic nitrogens is 2. The van der Waals surface area contributed by atoms with Crippen LogP contribution in [-0.2, 0) is 12.0 Å². The van der Waals surface area contributed by atoms with Crippen LogP contribution in [0.1, 0.15) is 43.7 Å². The third kappa shape index (κ3) is 3.60. The average Bonchev–Trinajstić information content (AvgIpc) is 2.39. The summed E-state index contributed by atoms with van der Waals surface area (Å²) in [6.45, 7) is 7.76. The number of hydrogen-bond acceptors (Lipinski definition) is 3. The van der Waals surface area contributed by atoms with Crippen molar-refractivity contribution in [2.75, 3.05) is 0 Å². The van der Waals surface area contributed by atoms with Crippen molar-refractivity contribution in [3.8, 4) is 0 Å². The van der Waals surface area contributed by atoms with Gasteiger partial charge in [-0.25, -0.2) is 9.37 Å². The Hall–Kier alpha value is -2.01. The number of aryl methyl sites for hydroxylation is 1. The van der Waals surface area contributed by atoms with E-state index in [1.54, 1.807) is 6.92 Å². The zero-order chi connectivity index (χ0) is 16.5. The molecule has 0 spiro atoms. The normalized spacial score (nSPS) is 13.2. The molecule has 1 N–H and O–H groups in total. The Morgan fingerprint density at radius 3 is 2.55 bits per heavy atom. The lowest BCUT2D eigenvalue weighted by Crippen LogP contribution is -2.27. The van der Waals surface area contributed by atoms with Crippen molar-refractivity contribution in [1.29, 1.82) is 0 Å². The Bertz CT molecular complexity index is 732. The maximum atomic E-state index is 13.1. The maximum absolute atomic E-state index is 13.1. The fourth-order valence-corrected chi connectivity index (χ4v) is 2.27. The first-order valence-corrected chi connectivity index (χ1v) is 7.19. The van der Waals surface area contributed by atoms with Crippen LogP contribution in [0.15, 0.2) is 35.4 Å². The summed E-state index contributed by atoms with van der Waals surface area (Å²) < 4.78 is 14.5. The van der Waals surface area contributed by atoms with Gasteiger partial charge in [0.2, 0.25) is 0 Å². The van der Waals surface area contributed by atoms with Gasteiger partial charge in [-0.3, -0.25) is 9.36 Å². The van der Waals surface area contributed by atoms with Gasteiger partial charge in [-0.2, -0.15) is 0 Å². The van der Waals surface area contributed by atoms with Gasteiger partial charge in [0.05, 0.1) is 24.7 Å². The van der Waals surface area contributed by atoms with Gasteiger partial charge >= 0.3 is 0 Å². The number of hydrogen-bond donors (Lipinski definition) is 1. The molecule has 0 aliphatic carbocycles. The smallest absolute Gasteiger partial charge is 0.253 e. The first-order valence-electron chi connectivity index (χ1n) is 7.19. The molecule has 1 aromatic heterocycles. The van der Waals surface area contributed by atoms with Crippen LogP contribution in [0.4, 0.5) is 4.39 Å². The fraction of sp³-hybridized carbons (Fsp3) is 0.412. The summed E-state index contributed by atoms with van der Waals surface area (Å²) in [6, 6.07) is 5.69. The molecule has 0 saturated carbocycles. The highest BCUT2D eigenvalue weighted by molar-refractivity contribution is 5.28. The molecule has 4 nitrogen and oxygen atoms in total. The van der Waals surface area contributed by atoms with Crippen LogP contribution in [0, 0.1) is 12.7 Å². The molecule has 0 fully saturated rings. The Labute approximate surface area is 129 Å². The molecular weight excluding hydrogens is 283 g/mol. The Morgan fingerprint density at radius 2 is 2.00 bits per heavy atom. The van der Waals surface area contributed by atoms with E-state index < -0.39 is 6.10 Å². The molecule has 0 amide bonds. The maximum Gasteiger partial charge on any atom is 0.253 e. The zero-order valence-electron chi connectivity index (χ0n) is 13.3. The lowest BCUT2D eigenvalue weighted by atomic mass is 9.92. The molecule has 0 bridgehead atoms. The molecule has 22 heavy (non-hydrogen) atoms. The van der Waals surface area contributed by atoms with E-state index >= 15 is 0 Å². The minimum atomic E-state index is -0.888.